The SMILES string of the molecule is COc1ccc(C2=NCC(C)N2)c(Cl)c1. The van der Waals surface area contributed by atoms with Crippen LogP contribution in [0.4, 0.5) is 0 Å². The van der Waals surface area contributed by atoms with Gasteiger partial charge in [-0.1, -0.05) is 11.6 Å². The fourth-order valence-corrected chi connectivity index (χ4v) is 1.79. The standard InChI is InChI=1S/C11H13ClN2O/c1-7-6-13-11(14-7)9-4-3-8(15-2)5-10(9)12/h3-5,7H,6H2,1-2H3,(H,13,14). The van der Waals surface area contributed by atoms with E-state index in [1.165, 1.54) is 0 Å². The molecule has 4 heteroatoms. The lowest BCUT2D eigenvalue weighted by molar-refractivity contribution is 0.415. The van der Waals surface area contributed by atoms with Crippen LogP contribution in [0.2, 0.25) is 5.02 Å². The zero-order valence-corrected chi connectivity index (χ0v) is 9.51. The molecule has 0 amide bonds. The molecule has 0 radical (unpaired) electrons. The van der Waals surface area contributed by atoms with E-state index in [9.17, 15) is 0 Å². The Morgan fingerprint density at radius 3 is 2.87 bits per heavy atom. The minimum Gasteiger partial charge on any atom is -0.497 e. The Morgan fingerprint density at radius 2 is 2.33 bits per heavy atom. The zero-order chi connectivity index (χ0) is 10.8. The number of nitrogens with zero attached hydrogens (tertiary/aromatic N) is 1. The van der Waals surface area contributed by atoms with E-state index in [0.717, 1.165) is 23.7 Å². The monoisotopic (exact) mass is 224 g/mol. The summed E-state index contributed by atoms with van der Waals surface area (Å²) in [7, 11) is 1.62. The molecule has 0 aliphatic carbocycles. The molecule has 1 aliphatic rings. The molecule has 0 fully saturated rings. The van der Waals surface area contributed by atoms with Crippen LogP contribution in [0.3, 0.4) is 0 Å². The summed E-state index contributed by atoms with van der Waals surface area (Å²) in [5.41, 5.74) is 0.932. The third-order valence-electron chi connectivity index (χ3n) is 2.34. The Morgan fingerprint density at radius 1 is 1.53 bits per heavy atom. The van der Waals surface area contributed by atoms with Gasteiger partial charge < -0.3 is 10.1 Å². The molecule has 80 valence electrons. The maximum absolute atomic E-state index is 6.14. The largest absolute Gasteiger partial charge is 0.497 e. The second-order valence-corrected chi connectivity index (χ2v) is 3.99. The maximum atomic E-state index is 6.14. The number of halogens is 1. The van der Waals surface area contributed by atoms with Gasteiger partial charge in [0.25, 0.3) is 0 Å². The minimum absolute atomic E-state index is 0.387. The molecule has 0 saturated carbocycles. The predicted molar refractivity (Wildman–Crippen MR) is 62.0 cm³/mol. The first-order valence-corrected chi connectivity index (χ1v) is 5.23. The van der Waals surface area contributed by atoms with Crippen LogP contribution in [0, 0.1) is 0 Å². The fraction of sp³-hybridized carbons (Fsp3) is 0.364. The average Bonchev–Trinajstić information content (AvgIpc) is 2.64. The van der Waals surface area contributed by atoms with E-state index in [2.05, 4.69) is 17.2 Å². The average molecular weight is 225 g/mol. The molecule has 1 aromatic carbocycles. The minimum atomic E-state index is 0.387. The molecule has 15 heavy (non-hydrogen) atoms. The van der Waals surface area contributed by atoms with E-state index in [1.54, 1.807) is 13.2 Å². The normalized spacial score (nSPS) is 19.7. The third-order valence-corrected chi connectivity index (χ3v) is 2.65. The number of ether oxygens (including phenoxy) is 1. The molecular weight excluding hydrogens is 212 g/mol. The van der Waals surface area contributed by atoms with Gasteiger partial charge in [0.05, 0.1) is 18.7 Å². The molecule has 1 N–H and O–H groups in total. The molecule has 1 heterocycles. The van der Waals surface area contributed by atoms with Crippen molar-refractivity contribution in [3.63, 3.8) is 0 Å². The molecule has 0 saturated heterocycles. The smallest absolute Gasteiger partial charge is 0.130 e. The van der Waals surface area contributed by atoms with Gasteiger partial charge in [0.15, 0.2) is 0 Å². The van der Waals surface area contributed by atoms with Gasteiger partial charge in [-0.05, 0) is 25.1 Å². The highest BCUT2D eigenvalue weighted by atomic mass is 35.5. The van der Waals surface area contributed by atoms with Crippen LogP contribution in [0.15, 0.2) is 23.2 Å². The van der Waals surface area contributed by atoms with Crippen LogP contribution >= 0.6 is 11.6 Å². The van der Waals surface area contributed by atoms with Crippen molar-refractivity contribution in [3.05, 3.63) is 28.8 Å². The van der Waals surface area contributed by atoms with Crippen LogP contribution in [0.5, 0.6) is 5.75 Å². The van der Waals surface area contributed by atoms with E-state index in [4.69, 9.17) is 16.3 Å². The molecule has 0 aromatic heterocycles. The number of hydrogen-bond acceptors (Lipinski definition) is 3. The summed E-state index contributed by atoms with van der Waals surface area (Å²) >= 11 is 6.14. The first kappa shape index (κ1) is 10.3. The van der Waals surface area contributed by atoms with Crippen LogP contribution in [-0.4, -0.2) is 25.5 Å². The van der Waals surface area contributed by atoms with Crippen molar-refractivity contribution >= 4 is 17.4 Å². The lowest BCUT2D eigenvalue weighted by Gasteiger charge is -2.08. The highest BCUT2D eigenvalue weighted by molar-refractivity contribution is 6.34. The van der Waals surface area contributed by atoms with Gasteiger partial charge in [-0.3, -0.25) is 4.99 Å². The number of methoxy groups -OCH3 is 1. The molecule has 2 rings (SSSR count). The Bertz CT molecular complexity index is 404. The molecule has 1 unspecified atom stereocenters. The summed E-state index contributed by atoms with van der Waals surface area (Å²) in [6.07, 6.45) is 0. The molecule has 1 atom stereocenters. The molecular formula is C11H13ClN2O. The lowest BCUT2D eigenvalue weighted by Crippen LogP contribution is -2.27. The van der Waals surface area contributed by atoms with E-state index >= 15 is 0 Å². The van der Waals surface area contributed by atoms with Crippen LogP contribution in [0.25, 0.3) is 0 Å². The first-order valence-electron chi connectivity index (χ1n) is 4.85. The number of rotatable bonds is 2. The summed E-state index contributed by atoms with van der Waals surface area (Å²) in [4.78, 5) is 4.38. The quantitative estimate of drug-likeness (QED) is 0.835. The molecule has 3 nitrogen and oxygen atoms in total. The number of hydrogen-bond donors (Lipinski definition) is 1. The summed E-state index contributed by atoms with van der Waals surface area (Å²) in [5, 5.41) is 3.93. The van der Waals surface area contributed by atoms with Crippen molar-refractivity contribution in [2.24, 2.45) is 4.99 Å². The first-order chi connectivity index (χ1) is 7.20. The topological polar surface area (TPSA) is 33.6 Å². The van der Waals surface area contributed by atoms with Crippen molar-refractivity contribution in [1.29, 1.82) is 0 Å². The molecule has 0 bridgehead atoms. The summed E-state index contributed by atoms with van der Waals surface area (Å²) in [6.45, 7) is 2.89. The Labute approximate surface area is 94.1 Å². The van der Waals surface area contributed by atoms with Gasteiger partial charge >= 0.3 is 0 Å². The van der Waals surface area contributed by atoms with Gasteiger partial charge in [0.2, 0.25) is 0 Å². The number of aliphatic imine (C=N–C) groups is 1. The number of amidine groups is 1. The lowest BCUT2D eigenvalue weighted by atomic mass is 10.2. The Kier molecular flexibility index (Phi) is 2.82. The summed E-state index contributed by atoms with van der Waals surface area (Å²) in [6, 6.07) is 5.99. The van der Waals surface area contributed by atoms with E-state index in [-0.39, 0.29) is 0 Å². The second-order valence-electron chi connectivity index (χ2n) is 3.58. The van der Waals surface area contributed by atoms with Crippen LogP contribution in [0.1, 0.15) is 12.5 Å². The summed E-state index contributed by atoms with van der Waals surface area (Å²) < 4.78 is 5.09. The summed E-state index contributed by atoms with van der Waals surface area (Å²) in [5.74, 6) is 1.63. The van der Waals surface area contributed by atoms with E-state index < -0.39 is 0 Å². The highest BCUT2D eigenvalue weighted by Crippen LogP contribution is 2.23. The van der Waals surface area contributed by atoms with Gasteiger partial charge in [-0.25, -0.2) is 0 Å². The van der Waals surface area contributed by atoms with Crippen molar-refractivity contribution in [2.45, 2.75) is 13.0 Å². The van der Waals surface area contributed by atoms with E-state index in [0.29, 0.717) is 11.1 Å². The molecule has 1 aliphatic heterocycles. The van der Waals surface area contributed by atoms with Gasteiger partial charge in [-0.15, -0.1) is 0 Å². The Hall–Kier alpha value is -1.22. The second kappa shape index (κ2) is 4.11. The van der Waals surface area contributed by atoms with Crippen molar-refractivity contribution in [2.75, 3.05) is 13.7 Å². The van der Waals surface area contributed by atoms with E-state index in [1.807, 2.05) is 12.1 Å². The molecule has 0 spiro atoms. The molecule has 1 aromatic rings. The number of nitrogens with one attached hydrogen (secondary N) is 1. The van der Waals surface area contributed by atoms with Crippen molar-refractivity contribution < 1.29 is 4.74 Å². The van der Waals surface area contributed by atoms with Crippen LogP contribution < -0.4 is 10.1 Å². The predicted octanol–water partition coefficient (Wildman–Crippen LogP) is 2.09. The maximum Gasteiger partial charge on any atom is 0.130 e. The van der Waals surface area contributed by atoms with Gasteiger partial charge in [-0.2, -0.15) is 0 Å². The Balaban J connectivity index is 2.29. The number of benzene rings is 1. The third kappa shape index (κ3) is 2.07. The van der Waals surface area contributed by atoms with Crippen molar-refractivity contribution in [3.8, 4) is 5.75 Å². The van der Waals surface area contributed by atoms with Crippen molar-refractivity contribution in [1.82, 2.24) is 5.32 Å². The zero-order valence-electron chi connectivity index (χ0n) is 8.75. The van der Waals surface area contributed by atoms with Gasteiger partial charge in [0, 0.05) is 11.6 Å². The van der Waals surface area contributed by atoms with Gasteiger partial charge in [0.1, 0.15) is 11.6 Å². The van der Waals surface area contributed by atoms with Crippen LogP contribution in [-0.2, 0) is 0 Å². The fourth-order valence-electron chi connectivity index (χ4n) is 1.53. The highest BCUT2D eigenvalue weighted by Gasteiger charge is 2.16.